The van der Waals surface area contributed by atoms with Crippen molar-refractivity contribution in [2.24, 2.45) is 0 Å². The molecule has 0 aromatic rings. The number of carbonyl (C=O) groups is 1. The minimum atomic E-state index is -0.732. The molecule has 0 aromatic heterocycles. The van der Waals surface area contributed by atoms with Crippen LogP contribution in [0.15, 0.2) is 0 Å². The number of carboxylic acids is 1. The highest BCUT2D eigenvalue weighted by Crippen LogP contribution is 2.20. The van der Waals surface area contributed by atoms with Crippen LogP contribution in [0.25, 0.3) is 0 Å². The van der Waals surface area contributed by atoms with Crippen LogP contribution in [0.1, 0.15) is 26.7 Å². The number of rotatable bonds is 3. The number of likely N-dealkylation sites (N-methyl/N-ethyl adjacent to an activating group) is 1. The van der Waals surface area contributed by atoms with Gasteiger partial charge in [0.1, 0.15) is 6.04 Å². The molecule has 3 unspecified atom stereocenters. The van der Waals surface area contributed by atoms with E-state index in [0.29, 0.717) is 12.1 Å². The molecule has 1 rings (SSSR count). The van der Waals surface area contributed by atoms with E-state index in [1.54, 1.807) is 6.92 Å². The van der Waals surface area contributed by atoms with Crippen LogP contribution in [0.4, 0.5) is 0 Å². The Kier molecular flexibility index (Phi) is 4.11. The summed E-state index contributed by atoms with van der Waals surface area (Å²) in [7, 11) is 4.04. The number of aliphatic carboxylic acids is 1. The summed E-state index contributed by atoms with van der Waals surface area (Å²) in [6.45, 7) is 5.01. The lowest BCUT2D eigenvalue weighted by molar-refractivity contribution is -0.143. The molecule has 15 heavy (non-hydrogen) atoms. The second kappa shape index (κ2) is 4.94. The first kappa shape index (κ1) is 12.5. The summed E-state index contributed by atoms with van der Waals surface area (Å²) in [6, 6.07) is 0.570. The van der Waals surface area contributed by atoms with E-state index in [9.17, 15) is 4.79 Å². The van der Waals surface area contributed by atoms with Gasteiger partial charge in [0.25, 0.3) is 0 Å². The van der Waals surface area contributed by atoms with Gasteiger partial charge in [0.2, 0.25) is 0 Å². The number of nitrogens with zero attached hydrogens (tertiary/aromatic N) is 2. The van der Waals surface area contributed by atoms with Gasteiger partial charge in [-0.3, -0.25) is 9.69 Å². The van der Waals surface area contributed by atoms with Crippen molar-refractivity contribution in [3.63, 3.8) is 0 Å². The zero-order valence-corrected chi connectivity index (χ0v) is 10.1. The van der Waals surface area contributed by atoms with E-state index in [2.05, 4.69) is 18.9 Å². The van der Waals surface area contributed by atoms with Crippen LogP contribution < -0.4 is 0 Å². The Morgan fingerprint density at radius 3 is 2.67 bits per heavy atom. The average molecular weight is 214 g/mol. The quantitative estimate of drug-likeness (QED) is 0.757. The zero-order chi connectivity index (χ0) is 11.6. The molecule has 0 saturated carbocycles. The van der Waals surface area contributed by atoms with Crippen molar-refractivity contribution in [2.75, 3.05) is 20.6 Å². The highest BCUT2D eigenvalue weighted by Gasteiger charge is 2.29. The Morgan fingerprint density at radius 1 is 1.60 bits per heavy atom. The molecule has 1 heterocycles. The molecule has 1 aliphatic rings. The SMILES string of the molecule is CC1CC(N(C)C(C)C(=O)O)CCN1C. The van der Waals surface area contributed by atoms with Crippen molar-refractivity contribution in [1.29, 1.82) is 0 Å². The number of likely N-dealkylation sites (tertiary alicyclic amines) is 1. The summed E-state index contributed by atoms with van der Waals surface area (Å²) in [4.78, 5) is 15.2. The number of hydrogen-bond donors (Lipinski definition) is 1. The lowest BCUT2D eigenvalue weighted by Crippen LogP contribution is -2.50. The molecule has 4 nitrogen and oxygen atoms in total. The fourth-order valence-corrected chi connectivity index (χ4v) is 2.12. The maximum absolute atomic E-state index is 10.9. The van der Waals surface area contributed by atoms with Crippen LogP contribution in [-0.2, 0) is 4.79 Å². The second-order valence-electron chi connectivity index (χ2n) is 4.69. The molecule has 88 valence electrons. The van der Waals surface area contributed by atoms with E-state index < -0.39 is 5.97 Å². The third-order valence-electron chi connectivity index (χ3n) is 3.72. The molecule has 1 saturated heterocycles. The molecule has 0 radical (unpaired) electrons. The zero-order valence-electron chi connectivity index (χ0n) is 10.1. The topological polar surface area (TPSA) is 43.8 Å². The molecule has 1 fully saturated rings. The largest absolute Gasteiger partial charge is 0.480 e. The molecule has 0 bridgehead atoms. The minimum Gasteiger partial charge on any atom is -0.480 e. The molecule has 3 atom stereocenters. The molecule has 0 spiro atoms. The predicted octanol–water partition coefficient (Wildman–Crippen LogP) is 0.874. The number of carboxylic acid groups (broad SMARTS) is 1. The third kappa shape index (κ3) is 2.92. The molecular weight excluding hydrogens is 192 g/mol. The summed E-state index contributed by atoms with van der Waals surface area (Å²) < 4.78 is 0. The van der Waals surface area contributed by atoms with E-state index in [1.165, 1.54) is 0 Å². The van der Waals surface area contributed by atoms with Gasteiger partial charge in [-0.05, 0) is 47.3 Å². The lowest BCUT2D eigenvalue weighted by atomic mass is 9.97. The monoisotopic (exact) mass is 214 g/mol. The number of piperidine rings is 1. The van der Waals surface area contributed by atoms with Crippen molar-refractivity contribution in [3.05, 3.63) is 0 Å². The third-order valence-corrected chi connectivity index (χ3v) is 3.72. The van der Waals surface area contributed by atoms with Gasteiger partial charge < -0.3 is 10.0 Å². The smallest absolute Gasteiger partial charge is 0.320 e. The van der Waals surface area contributed by atoms with Crippen LogP contribution in [0.2, 0.25) is 0 Å². The summed E-state index contributed by atoms with van der Waals surface area (Å²) in [5.41, 5.74) is 0. The van der Waals surface area contributed by atoms with Crippen molar-refractivity contribution in [1.82, 2.24) is 9.80 Å². The second-order valence-corrected chi connectivity index (χ2v) is 4.69. The van der Waals surface area contributed by atoms with E-state index in [1.807, 2.05) is 11.9 Å². The summed E-state index contributed by atoms with van der Waals surface area (Å²) in [6.07, 6.45) is 2.12. The van der Waals surface area contributed by atoms with Crippen LogP contribution in [0.5, 0.6) is 0 Å². The minimum absolute atomic E-state index is 0.384. The lowest BCUT2D eigenvalue weighted by Gasteiger charge is -2.40. The molecule has 0 aromatic carbocycles. The van der Waals surface area contributed by atoms with Gasteiger partial charge in [-0.2, -0.15) is 0 Å². The van der Waals surface area contributed by atoms with Crippen molar-refractivity contribution >= 4 is 5.97 Å². The first-order valence-corrected chi connectivity index (χ1v) is 5.58. The van der Waals surface area contributed by atoms with Gasteiger partial charge in [-0.1, -0.05) is 0 Å². The molecule has 1 N–H and O–H groups in total. The standard InChI is InChI=1S/C11H22N2O2/c1-8-7-10(5-6-12(8)3)13(4)9(2)11(14)15/h8-10H,5-7H2,1-4H3,(H,14,15). The molecular formula is C11H22N2O2. The Balaban J connectivity index is 2.54. The van der Waals surface area contributed by atoms with E-state index in [4.69, 9.17) is 5.11 Å². The summed E-state index contributed by atoms with van der Waals surface area (Å²) in [5.74, 6) is -0.732. The normalized spacial score (nSPS) is 30.5. The Morgan fingerprint density at radius 2 is 2.20 bits per heavy atom. The Bertz CT molecular complexity index is 233. The molecule has 0 amide bonds. The van der Waals surface area contributed by atoms with E-state index in [-0.39, 0.29) is 6.04 Å². The fraction of sp³-hybridized carbons (Fsp3) is 0.909. The Hall–Kier alpha value is -0.610. The van der Waals surface area contributed by atoms with Crippen molar-refractivity contribution in [2.45, 2.75) is 44.8 Å². The van der Waals surface area contributed by atoms with Crippen LogP contribution in [0, 0.1) is 0 Å². The fourth-order valence-electron chi connectivity index (χ4n) is 2.12. The van der Waals surface area contributed by atoms with Crippen LogP contribution in [0.3, 0.4) is 0 Å². The highest BCUT2D eigenvalue weighted by molar-refractivity contribution is 5.72. The average Bonchev–Trinajstić information content (AvgIpc) is 2.19. The maximum atomic E-state index is 10.9. The van der Waals surface area contributed by atoms with E-state index >= 15 is 0 Å². The first-order chi connectivity index (χ1) is 6.93. The highest BCUT2D eigenvalue weighted by atomic mass is 16.4. The Labute approximate surface area is 91.9 Å². The van der Waals surface area contributed by atoms with Gasteiger partial charge in [0.05, 0.1) is 0 Å². The summed E-state index contributed by atoms with van der Waals surface area (Å²) >= 11 is 0. The predicted molar refractivity (Wildman–Crippen MR) is 60.0 cm³/mol. The van der Waals surface area contributed by atoms with E-state index in [0.717, 1.165) is 19.4 Å². The van der Waals surface area contributed by atoms with Gasteiger partial charge in [0, 0.05) is 12.1 Å². The molecule has 0 aliphatic carbocycles. The summed E-state index contributed by atoms with van der Waals surface area (Å²) in [5, 5.41) is 8.95. The van der Waals surface area contributed by atoms with Gasteiger partial charge in [-0.25, -0.2) is 0 Å². The van der Waals surface area contributed by atoms with Crippen LogP contribution in [-0.4, -0.2) is 59.6 Å². The van der Waals surface area contributed by atoms with Gasteiger partial charge >= 0.3 is 5.97 Å². The molecule has 1 aliphatic heterocycles. The van der Waals surface area contributed by atoms with Gasteiger partial charge in [0.15, 0.2) is 0 Å². The van der Waals surface area contributed by atoms with Crippen LogP contribution >= 0.6 is 0 Å². The van der Waals surface area contributed by atoms with Gasteiger partial charge in [-0.15, -0.1) is 0 Å². The van der Waals surface area contributed by atoms with Crippen molar-refractivity contribution in [3.8, 4) is 0 Å². The number of hydrogen-bond acceptors (Lipinski definition) is 3. The van der Waals surface area contributed by atoms with Crippen molar-refractivity contribution < 1.29 is 9.90 Å². The maximum Gasteiger partial charge on any atom is 0.320 e. The molecule has 4 heteroatoms. The first-order valence-electron chi connectivity index (χ1n) is 5.58.